The van der Waals surface area contributed by atoms with Crippen molar-refractivity contribution in [3.8, 4) is 11.5 Å². The first-order chi connectivity index (χ1) is 10.7. The highest BCUT2D eigenvalue weighted by molar-refractivity contribution is 5.71. The van der Waals surface area contributed by atoms with Gasteiger partial charge in [0.25, 0.3) is 0 Å². The fraction of sp³-hybridized carbons (Fsp3) is 0.294. The highest BCUT2D eigenvalue weighted by atomic mass is 16.7. The minimum absolute atomic E-state index is 0.302. The zero-order valence-corrected chi connectivity index (χ0v) is 12.6. The molecule has 5 nitrogen and oxygen atoms in total. The molecule has 0 bridgehead atoms. The average Bonchev–Trinajstić information content (AvgIpc) is 2.89. The topological polar surface area (TPSA) is 51.0 Å². The quantitative estimate of drug-likeness (QED) is 0.820. The summed E-state index contributed by atoms with van der Waals surface area (Å²) < 4.78 is 11.1. The molecular weight excluding hydrogens is 278 g/mol. The molecule has 0 aliphatic carbocycles. The number of likely N-dealkylation sites (N-methyl/N-ethyl adjacent to an activating group) is 1. The van der Waals surface area contributed by atoms with Gasteiger partial charge in [-0.15, -0.1) is 0 Å². The Labute approximate surface area is 129 Å². The first kappa shape index (κ1) is 13.3. The predicted molar refractivity (Wildman–Crippen MR) is 86.8 cm³/mol. The lowest BCUT2D eigenvalue weighted by molar-refractivity contribution is 0.174. The number of nitrogens with two attached hydrogens (primary N) is 1. The molecule has 114 valence electrons. The third-order valence-electron chi connectivity index (χ3n) is 4.21. The predicted octanol–water partition coefficient (Wildman–Crippen LogP) is 2.58. The Balaban J connectivity index is 1.82. The molecule has 2 aliphatic heterocycles. The molecule has 2 N–H and O–H groups in total. The minimum Gasteiger partial charge on any atom is -0.454 e. The van der Waals surface area contributed by atoms with Gasteiger partial charge in [-0.2, -0.15) is 0 Å². The second-order valence-corrected chi connectivity index (χ2v) is 5.82. The molecule has 0 saturated heterocycles. The van der Waals surface area contributed by atoms with E-state index in [-0.39, 0.29) is 0 Å². The summed E-state index contributed by atoms with van der Waals surface area (Å²) in [6.45, 7) is 3.12. The third-order valence-corrected chi connectivity index (χ3v) is 4.21. The van der Waals surface area contributed by atoms with Gasteiger partial charge in [0, 0.05) is 42.8 Å². The summed E-state index contributed by atoms with van der Waals surface area (Å²) in [5.74, 6) is 1.66. The van der Waals surface area contributed by atoms with Crippen molar-refractivity contribution in [2.24, 2.45) is 0 Å². The van der Waals surface area contributed by atoms with Crippen LogP contribution >= 0.6 is 0 Å². The fourth-order valence-corrected chi connectivity index (χ4v) is 3.03. The second kappa shape index (κ2) is 5.10. The smallest absolute Gasteiger partial charge is 0.231 e. The number of rotatable bonds is 1. The van der Waals surface area contributed by atoms with E-state index in [1.165, 1.54) is 11.3 Å². The van der Waals surface area contributed by atoms with Gasteiger partial charge in [0.05, 0.1) is 0 Å². The molecule has 0 atom stereocenters. The van der Waals surface area contributed by atoms with Gasteiger partial charge < -0.3 is 25.0 Å². The van der Waals surface area contributed by atoms with Crippen LogP contribution < -0.4 is 20.1 Å². The van der Waals surface area contributed by atoms with E-state index in [1.54, 1.807) is 0 Å². The van der Waals surface area contributed by atoms with E-state index < -0.39 is 0 Å². The monoisotopic (exact) mass is 297 g/mol. The molecule has 0 radical (unpaired) electrons. The fourth-order valence-electron chi connectivity index (χ4n) is 3.03. The molecule has 22 heavy (non-hydrogen) atoms. The van der Waals surface area contributed by atoms with E-state index in [4.69, 9.17) is 15.2 Å². The van der Waals surface area contributed by atoms with Crippen LogP contribution in [0.25, 0.3) is 0 Å². The normalized spacial score (nSPS) is 17.2. The van der Waals surface area contributed by atoms with E-state index in [1.807, 2.05) is 12.1 Å². The number of hydrogen-bond donors (Lipinski definition) is 1. The van der Waals surface area contributed by atoms with Crippen LogP contribution in [-0.4, -0.2) is 31.8 Å². The first-order valence-electron chi connectivity index (χ1n) is 7.45. The largest absolute Gasteiger partial charge is 0.454 e. The van der Waals surface area contributed by atoms with Crippen molar-refractivity contribution < 1.29 is 9.47 Å². The molecule has 2 heterocycles. The van der Waals surface area contributed by atoms with Gasteiger partial charge in [0.2, 0.25) is 6.79 Å². The van der Waals surface area contributed by atoms with E-state index in [2.05, 4.69) is 41.1 Å². The average molecular weight is 297 g/mol. The number of nitrogens with zero attached hydrogens (tertiary/aromatic N) is 2. The summed E-state index contributed by atoms with van der Waals surface area (Å²) in [6.07, 6.45) is 0. The van der Waals surface area contributed by atoms with Crippen LogP contribution in [0, 0.1) is 0 Å². The van der Waals surface area contributed by atoms with E-state index in [0.29, 0.717) is 6.79 Å². The van der Waals surface area contributed by atoms with Crippen molar-refractivity contribution in [2.45, 2.75) is 6.54 Å². The van der Waals surface area contributed by atoms with Gasteiger partial charge in [-0.05, 0) is 42.9 Å². The molecule has 2 aromatic rings. The Morgan fingerprint density at radius 1 is 1.00 bits per heavy atom. The molecule has 5 heteroatoms. The van der Waals surface area contributed by atoms with Crippen LogP contribution in [0.15, 0.2) is 36.4 Å². The van der Waals surface area contributed by atoms with Gasteiger partial charge in [-0.25, -0.2) is 0 Å². The number of benzene rings is 2. The summed E-state index contributed by atoms with van der Waals surface area (Å²) in [5.41, 5.74) is 10.2. The number of hydrogen-bond acceptors (Lipinski definition) is 5. The maximum Gasteiger partial charge on any atom is 0.231 e. The standard InChI is InChI=1S/C17H19N3O2/c1-19-6-7-20(14-4-2-13(18)3-5-14)15-9-17-16(21-11-22-17)8-12(15)10-19/h2-5,8-9H,6-7,10-11,18H2,1H3. The van der Waals surface area contributed by atoms with Crippen molar-refractivity contribution in [1.82, 2.24) is 4.90 Å². The zero-order valence-electron chi connectivity index (χ0n) is 12.6. The van der Waals surface area contributed by atoms with Gasteiger partial charge in [-0.1, -0.05) is 0 Å². The lowest BCUT2D eigenvalue weighted by atomic mass is 10.1. The van der Waals surface area contributed by atoms with Gasteiger partial charge in [0.15, 0.2) is 11.5 Å². The molecule has 2 aliphatic rings. The summed E-state index contributed by atoms with van der Waals surface area (Å²) >= 11 is 0. The highest BCUT2D eigenvalue weighted by Gasteiger charge is 2.24. The second-order valence-electron chi connectivity index (χ2n) is 5.82. The van der Waals surface area contributed by atoms with Crippen molar-refractivity contribution in [3.63, 3.8) is 0 Å². The molecule has 0 spiro atoms. The van der Waals surface area contributed by atoms with Crippen molar-refractivity contribution in [2.75, 3.05) is 37.6 Å². The summed E-state index contributed by atoms with van der Waals surface area (Å²) in [5, 5.41) is 0. The molecule has 0 saturated carbocycles. The summed E-state index contributed by atoms with van der Waals surface area (Å²) in [6, 6.07) is 12.2. The number of anilines is 3. The molecule has 0 amide bonds. The summed E-state index contributed by atoms with van der Waals surface area (Å²) in [7, 11) is 2.14. The van der Waals surface area contributed by atoms with Crippen molar-refractivity contribution in [1.29, 1.82) is 0 Å². The Morgan fingerprint density at radius 2 is 1.73 bits per heavy atom. The van der Waals surface area contributed by atoms with Gasteiger partial charge in [-0.3, -0.25) is 0 Å². The Morgan fingerprint density at radius 3 is 2.50 bits per heavy atom. The number of ether oxygens (including phenoxy) is 2. The number of nitrogen functional groups attached to an aromatic ring is 1. The lowest BCUT2D eigenvalue weighted by Crippen LogP contribution is -2.26. The molecular formula is C17H19N3O2. The molecule has 2 aromatic carbocycles. The number of fused-ring (bicyclic) bond motifs is 2. The molecule has 0 aromatic heterocycles. The molecule has 4 rings (SSSR count). The van der Waals surface area contributed by atoms with Crippen LogP contribution in [0.2, 0.25) is 0 Å². The van der Waals surface area contributed by atoms with Crippen LogP contribution in [0.5, 0.6) is 11.5 Å². The van der Waals surface area contributed by atoms with Crippen LogP contribution in [0.4, 0.5) is 17.1 Å². The Bertz CT molecular complexity index is 700. The third kappa shape index (κ3) is 2.23. The van der Waals surface area contributed by atoms with Gasteiger partial charge >= 0.3 is 0 Å². The van der Waals surface area contributed by atoms with Crippen LogP contribution in [-0.2, 0) is 6.54 Å². The van der Waals surface area contributed by atoms with E-state index >= 15 is 0 Å². The maximum atomic E-state index is 5.81. The van der Waals surface area contributed by atoms with Crippen LogP contribution in [0.3, 0.4) is 0 Å². The maximum absolute atomic E-state index is 5.81. The van der Waals surface area contributed by atoms with Crippen molar-refractivity contribution >= 4 is 17.1 Å². The SMILES string of the molecule is CN1CCN(c2ccc(N)cc2)c2cc3c(cc2C1)OCO3. The van der Waals surface area contributed by atoms with E-state index in [9.17, 15) is 0 Å². The van der Waals surface area contributed by atoms with Crippen molar-refractivity contribution in [3.05, 3.63) is 42.0 Å². The lowest BCUT2D eigenvalue weighted by Gasteiger charge is -2.25. The first-order valence-corrected chi connectivity index (χ1v) is 7.45. The highest BCUT2D eigenvalue weighted by Crippen LogP contribution is 2.41. The zero-order chi connectivity index (χ0) is 15.1. The molecule has 0 unspecified atom stereocenters. The van der Waals surface area contributed by atoms with E-state index in [0.717, 1.165) is 42.5 Å². The Hall–Kier alpha value is -2.40. The Kier molecular flexibility index (Phi) is 3.08. The molecule has 0 fully saturated rings. The van der Waals surface area contributed by atoms with Gasteiger partial charge in [0.1, 0.15) is 0 Å². The minimum atomic E-state index is 0.302. The summed E-state index contributed by atoms with van der Waals surface area (Å²) in [4.78, 5) is 4.64. The van der Waals surface area contributed by atoms with Crippen LogP contribution in [0.1, 0.15) is 5.56 Å².